The van der Waals surface area contributed by atoms with Gasteiger partial charge in [0.2, 0.25) is 5.91 Å². The highest BCUT2D eigenvalue weighted by atomic mass is 127. The van der Waals surface area contributed by atoms with Gasteiger partial charge in [0.1, 0.15) is 6.54 Å². The van der Waals surface area contributed by atoms with Gasteiger partial charge in [-0.25, -0.2) is 0 Å². The van der Waals surface area contributed by atoms with Crippen molar-refractivity contribution in [1.82, 2.24) is 4.90 Å². The lowest BCUT2D eigenvalue weighted by atomic mass is 10.1. The molecule has 1 aromatic rings. The number of carbonyl (C=O) groups excluding carboxylic acids is 1. The Bertz CT molecular complexity index is 657. The van der Waals surface area contributed by atoms with Gasteiger partial charge in [0.15, 0.2) is 0 Å². The molecule has 0 saturated heterocycles. The third-order valence-electron chi connectivity index (χ3n) is 5.62. The molecule has 1 aromatic carbocycles. The summed E-state index contributed by atoms with van der Waals surface area (Å²) >= 11 is 2.23. The number of benzene rings is 1. The predicted molar refractivity (Wildman–Crippen MR) is 142 cm³/mol. The number of halogens is 1. The molecule has 0 spiro atoms. The van der Waals surface area contributed by atoms with Gasteiger partial charge >= 0.3 is 5.97 Å². The average molecular weight is 556 g/mol. The molecular weight excluding hydrogens is 513 g/mol. The van der Waals surface area contributed by atoms with E-state index in [2.05, 4.69) is 41.7 Å². The number of hydrogen-bond acceptors (Lipinski definition) is 2. The SMILES string of the molecule is CCCCCCCC/C=C\CCCCCCCC(=O)N(CC(=O)O)Cc1ccc(I)cc1. The number of hydrogen-bond donors (Lipinski definition) is 1. The number of carboxylic acids is 1. The first-order valence-electron chi connectivity index (χ1n) is 12.4. The minimum absolute atomic E-state index is 0.0661. The first kappa shape index (κ1) is 28.7. The molecule has 0 aliphatic rings. The number of rotatable bonds is 19. The van der Waals surface area contributed by atoms with E-state index in [1.807, 2.05) is 24.3 Å². The molecule has 0 saturated carbocycles. The number of carboxylic acid groups (broad SMARTS) is 1. The van der Waals surface area contributed by atoms with Crippen molar-refractivity contribution in [2.45, 2.75) is 103 Å². The van der Waals surface area contributed by atoms with E-state index in [-0.39, 0.29) is 12.5 Å². The van der Waals surface area contributed by atoms with Crippen LogP contribution in [0.2, 0.25) is 0 Å². The fourth-order valence-corrected chi connectivity index (χ4v) is 4.07. The van der Waals surface area contributed by atoms with Gasteiger partial charge in [-0.05, 0) is 72.4 Å². The van der Waals surface area contributed by atoms with E-state index >= 15 is 0 Å². The number of nitrogens with zero attached hydrogens (tertiary/aromatic N) is 1. The summed E-state index contributed by atoms with van der Waals surface area (Å²) in [4.78, 5) is 25.2. The first-order chi connectivity index (χ1) is 15.5. The molecule has 0 atom stereocenters. The quantitative estimate of drug-likeness (QED) is 0.108. The lowest BCUT2D eigenvalue weighted by Gasteiger charge is -2.21. The minimum Gasteiger partial charge on any atom is -0.480 e. The maximum atomic E-state index is 12.5. The number of allylic oxidation sites excluding steroid dienone is 2. The summed E-state index contributed by atoms with van der Waals surface area (Å²) in [5.74, 6) is -1.03. The Morgan fingerprint density at radius 2 is 1.38 bits per heavy atom. The maximum absolute atomic E-state index is 12.5. The van der Waals surface area contributed by atoms with Gasteiger partial charge in [-0.15, -0.1) is 0 Å². The van der Waals surface area contributed by atoms with E-state index in [1.165, 1.54) is 62.7 Å². The third kappa shape index (κ3) is 15.4. The van der Waals surface area contributed by atoms with Crippen LogP contribution in [0.1, 0.15) is 102 Å². The fraction of sp³-hybridized carbons (Fsp3) is 0.630. The van der Waals surface area contributed by atoms with Crippen LogP contribution in [-0.2, 0) is 16.1 Å². The normalized spacial score (nSPS) is 11.2. The van der Waals surface area contributed by atoms with E-state index in [9.17, 15) is 9.59 Å². The Morgan fingerprint density at radius 1 is 0.844 bits per heavy atom. The molecule has 1 amide bonds. The summed E-state index contributed by atoms with van der Waals surface area (Å²) in [7, 11) is 0. The molecule has 0 aliphatic carbocycles. The Kier molecular flexibility index (Phi) is 17.1. The van der Waals surface area contributed by atoms with Crippen molar-refractivity contribution in [2.24, 2.45) is 0 Å². The first-order valence-corrected chi connectivity index (χ1v) is 13.5. The van der Waals surface area contributed by atoms with Crippen molar-refractivity contribution in [3.05, 3.63) is 45.6 Å². The van der Waals surface area contributed by atoms with Gasteiger partial charge < -0.3 is 10.0 Å². The van der Waals surface area contributed by atoms with Crippen LogP contribution in [0.5, 0.6) is 0 Å². The molecule has 5 heteroatoms. The second-order valence-corrected chi connectivity index (χ2v) is 9.85. The molecule has 0 fully saturated rings. The number of carbonyl (C=O) groups is 2. The van der Waals surface area contributed by atoms with E-state index < -0.39 is 5.97 Å². The van der Waals surface area contributed by atoms with Crippen LogP contribution < -0.4 is 0 Å². The van der Waals surface area contributed by atoms with E-state index in [1.54, 1.807) is 0 Å². The monoisotopic (exact) mass is 555 g/mol. The Labute approximate surface area is 209 Å². The summed E-state index contributed by atoms with van der Waals surface area (Å²) in [5.41, 5.74) is 0.963. The zero-order valence-electron chi connectivity index (χ0n) is 19.9. The summed E-state index contributed by atoms with van der Waals surface area (Å²) in [6.45, 7) is 2.37. The highest BCUT2D eigenvalue weighted by molar-refractivity contribution is 14.1. The summed E-state index contributed by atoms with van der Waals surface area (Å²) in [6, 6.07) is 7.85. The number of amides is 1. The molecule has 0 heterocycles. The zero-order chi connectivity index (χ0) is 23.4. The van der Waals surface area contributed by atoms with Crippen LogP contribution in [0.15, 0.2) is 36.4 Å². The second-order valence-electron chi connectivity index (χ2n) is 8.60. The molecule has 0 radical (unpaired) electrons. The van der Waals surface area contributed by atoms with Gasteiger partial charge in [0.25, 0.3) is 0 Å². The second kappa shape index (κ2) is 19.1. The van der Waals surface area contributed by atoms with Gasteiger partial charge in [0.05, 0.1) is 0 Å². The van der Waals surface area contributed by atoms with Crippen LogP contribution in [-0.4, -0.2) is 28.4 Å². The van der Waals surface area contributed by atoms with Gasteiger partial charge in [-0.1, -0.05) is 82.6 Å². The summed E-state index contributed by atoms with van der Waals surface area (Å²) in [6.07, 6.45) is 21.0. The van der Waals surface area contributed by atoms with Crippen molar-refractivity contribution in [1.29, 1.82) is 0 Å². The van der Waals surface area contributed by atoms with Crippen molar-refractivity contribution in [2.75, 3.05) is 6.54 Å². The van der Waals surface area contributed by atoms with Gasteiger partial charge in [-0.2, -0.15) is 0 Å². The highest BCUT2D eigenvalue weighted by Gasteiger charge is 2.16. The molecule has 0 aliphatic heterocycles. The van der Waals surface area contributed by atoms with Crippen LogP contribution in [0.3, 0.4) is 0 Å². The van der Waals surface area contributed by atoms with Crippen molar-refractivity contribution in [3.63, 3.8) is 0 Å². The summed E-state index contributed by atoms with van der Waals surface area (Å²) < 4.78 is 1.12. The van der Waals surface area contributed by atoms with Crippen molar-refractivity contribution in [3.8, 4) is 0 Å². The maximum Gasteiger partial charge on any atom is 0.323 e. The standard InChI is InChI=1S/C27H42INO3/c1-2-3-4-5-6-7-8-9-10-11-12-13-14-15-16-17-26(30)29(23-27(31)32)22-24-18-20-25(28)21-19-24/h9-10,18-21H,2-8,11-17,22-23H2,1H3,(H,31,32)/b10-9-. The number of aliphatic carboxylic acids is 1. The van der Waals surface area contributed by atoms with Gasteiger partial charge in [0, 0.05) is 16.5 Å². The van der Waals surface area contributed by atoms with Crippen LogP contribution in [0.4, 0.5) is 0 Å². The van der Waals surface area contributed by atoms with Crippen molar-refractivity contribution < 1.29 is 14.7 Å². The lowest BCUT2D eigenvalue weighted by molar-refractivity contribution is -0.145. The van der Waals surface area contributed by atoms with E-state index in [4.69, 9.17) is 5.11 Å². The molecule has 32 heavy (non-hydrogen) atoms. The molecule has 1 N–H and O–H groups in total. The summed E-state index contributed by atoms with van der Waals surface area (Å²) in [5, 5.41) is 9.16. The number of unbranched alkanes of at least 4 members (excludes halogenated alkanes) is 11. The van der Waals surface area contributed by atoms with Crippen LogP contribution >= 0.6 is 22.6 Å². The largest absolute Gasteiger partial charge is 0.480 e. The van der Waals surface area contributed by atoms with E-state index in [0.29, 0.717) is 13.0 Å². The average Bonchev–Trinajstić information content (AvgIpc) is 2.77. The Hall–Kier alpha value is -1.37. The fourth-order valence-electron chi connectivity index (χ4n) is 3.71. The molecule has 0 aromatic heterocycles. The predicted octanol–water partition coefficient (Wildman–Crippen LogP) is 7.74. The highest BCUT2D eigenvalue weighted by Crippen LogP contribution is 2.13. The molecule has 1 rings (SSSR count). The minimum atomic E-state index is -0.964. The molecule has 180 valence electrons. The lowest BCUT2D eigenvalue weighted by Crippen LogP contribution is -2.35. The van der Waals surface area contributed by atoms with Crippen LogP contribution in [0.25, 0.3) is 0 Å². The zero-order valence-corrected chi connectivity index (χ0v) is 22.0. The molecule has 4 nitrogen and oxygen atoms in total. The Balaban J connectivity index is 2.10. The topological polar surface area (TPSA) is 57.6 Å². The van der Waals surface area contributed by atoms with Gasteiger partial charge in [-0.3, -0.25) is 9.59 Å². The third-order valence-corrected chi connectivity index (χ3v) is 6.34. The van der Waals surface area contributed by atoms with Crippen molar-refractivity contribution >= 4 is 34.5 Å². The van der Waals surface area contributed by atoms with Crippen LogP contribution in [0, 0.1) is 3.57 Å². The Morgan fingerprint density at radius 3 is 1.94 bits per heavy atom. The smallest absolute Gasteiger partial charge is 0.323 e. The molecule has 0 unspecified atom stereocenters. The van der Waals surface area contributed by atoms with E-state index in [0.717, 1.165) is 34.8 Å². The molecular formula is C27H42INO3. The molecule has 0 bridgehead atoms.